The Morgan fingerprint density at radius 3 is 2.67 bits per heavy atom. The van der Waals surface area contributed by atoms with Gasteiger partial charge in [-0.1, -0.05) is 36.4 Å². The Bertz CT molecular complexity index is 1290. The van der Waals surface area contributed by atoms with Crippen LogP contribution in [0.2, 0.25) is 0 Å². The maximum atomic E-state index is 12.4. The number of nitriles is 1. The molecule has 0 aliphatic carbocycles. The highest BCUT2D eigenvalue weighted by Gasteiger charge is 2.24. The Balaban J connectivity index is 1.44. The second-order valence-corrected chi connectivity index (χ2v) is 8.31. The van der Waals surface area contributed by atoms with Gasteiger partial charge in [0.2, 0.25) is 0 Å². The Kier molecular flexibility index (Phi) is 6.77. The van der Waals surface area contributed by atoms with E-state index in [4.69, 9.17) is 9.47 Å². The van der Waals surface area contributed by atoms with E-state index in [-0.39, 0.29) is 5.91 Å². The summed E-state index contributed by atoms with van der Waals surface area (Å²) < 4.78 is 11.2. The number of nitrogens with one attached hydrogen (secondary N) is 1. The molecule has 1 aliphatic rings. The number of amides is 1. The highest BCUT2D eigenvalue weighted by atomic mass is 32.2. The van der Waals surface area contributed by atoms with Crippen molar-refractivity contribution in [3.05, 3.63) is 93.9 Å². The molecule has 1 N–H and O–H groups in total. The zero-order valence-electron chi connectivity index (χ0n) is 18.2. The molecular weight excluding hydrogens is 434 g/mol. The zero-order chi connectivity index (χ0) is 23.2. The van der Waals surface area contributed by atoms with Gasteiger partial charge in [-0.15, -0.1) is 0 Å². The Morgan fingerprint density at radius 2 is 1.91 bits per heavy atom. The van der Waals surface area contributed by atoms with Gasteiger partial charge in [0.25, 0.3) is 5.91 Å². The summed E-state index contributed by atoms with van der Waals surface area (Å²) in [5.74, 6) is 1.13. The number of rotatable bonds is 6. The topological polar surface area (TPSA) is 83.7 Å². The van der Waals surface area contributed by atoms with E-state index in [1.807, 2.05) is 73.7 Å². The summed E-state index contributed by atoms with van der Waals surface area (Å²) >= 11 is 1.28. The maximum Gasteiger partial charge on any atom is 0.264 e. The highest BCUT2D eigenvalue weighted by molar-refractivity contribution is 8.18. The molecule has 4 rings (SSSR count). The molecule has 6 nitrogen and oxygen atoms in total. The van der Waals surface area contributed by atoms with Crippen molar-refractivity contribution in [3.63, 3.8) is 0 Å². The number of aryl methyl sites for hydroxylation is 1. The first kappa shape index (κ1) is 22.2. The molecule has 0 atom stereocenters. The average Bonchev–Trinajstić information content (AvgIpc) is 3.17. The molecule has 3 aromatic carbocycles. The second-order valence-electron chi connectivity index (χ2n) is 7.28. The van der Waals surface area contributed by atoms with E-state index in [1.165, 1.54) is 11.8 Å². The molecule has 3 aromatic rings. The number of aliphatic imine (C=N–C) groups is 1. The van der Waals surface area contributed by atoms with Crippen molar-refractivity contribution in [2.24, 2.45) is 4.99 Å². The van der Waals surface area contributed by atoms with E-state index in [2.05, 4.69) is 16.4 Å². The van der Waals surface area contributed by atoms with Gasteiger partial charge in [-0.25, -0.2) is 4.99 Å². The van der Waals surface area contributed by atoms with Crippen LogP contribution in [0.25, 0.3) is 6.08 Å². The predicted molar refractivity (Wildman–Crippen MR) is 130 cm³/mol. The number of benzene rings is 3. The van der Waals surface area contributed by atoms with Gasteiger partial charge in [0.1, 0.15) is 23.8 Å². The van der Waals surface area contributed by atoms with Gasteiger partial charge in [0.05, 0.1) is 23.6 Å². The molecule has 1 heterocycles. The van der Waals surface area contributed by atoms with Crippen LogP contribution >= 0.6 is 11.8 Å². The number of ether oxygens (including phenoxy) is 2. The normalized spacial score (nSPS) is 15.4. The quantitative estimate of drug-likeness (QED) is 0.507. The predicted octanol–water partition coefficient (Wildman–Crippen LogP) is 5.35. The first-order chi connectivity index (χ1) is 16.1. The number of amidine groups is 1. The number of thioether (sulfide) groups is 1. The molecule has 7 heteroatoms. The minimum atomic E-state index is -0.196. The lowest BCUT2D eigenvalue weighted by Gasteiger charge is -2.08. The van der Waals surface area contributed by atoms with Crippen molar-refractivity contribution in [1.82, 2.24) is 5.32 Å². The standard InChI is InChI=1S/C26H21N3O3S/c1-17-7-12-23(31-2)22(13-17)28-26-29-25(30)24(33-26)14-18-8-10-21(11-9-18)32-16-20-6-4-3-5-19(20)15-27/h3-14H,16H2,1-2H3,(H,28,29,30)/b24-14-. The van der Waals surface area contributed by atoms with Gasteiger partial charge in [-0.05, 0) is 66.2 Å². The SMILES string of the molecule is COc1ccc(C)cc1N=C1NC(=O)/C(=C/c2ccc(OCc3ccccc3C#N)cc2)S1. The molecule has 0 spiro atoms. The summed E-state index contributed by atoms with van der Waals surface area (Å²) in [5.41, 5.74) is 4.03. The Labute approximate surface area is 196 Å². The van der Waals surface area contributed by atoms with E-state index in [9.17, 15) is 10.1 Å². The molecule has 1 amide bonds. The molecule has 1 saturated heterocycles. The van der Waals surface area contributed by atoms with Crippen molar-refractivity contribution < 1.29 is 14.3 Å². The van der Waals surface area contributed by atoms with E-state index in [1.54, 1.807) is 13.2 Å². The van der Waals surface area contributed by atoms with E-state index >= 15 is 0 Å². The summed E-state index contributed by atoms with van der Waals surface area (Å²) in [6.45, 7) is 2.29. The van der Waals surface area contributed by atoms with Gasteiger partial charge in [0.15, 0.2) is 5.17 Å². The minimum absolute atomic E-state index is 0.196. The van der Waals surface area contributed by atoms with Crippen LogP contribution in [0.5, 0.6) is 11.5 Å². The van der Waals surface area contributed by atoms with E-state index in [0.29, 0.717) is 39.4 Å². The molecule has 1 aliphatic heterocycles. The first-order valence-corrected chi connectivity index (χ1v) is 11.0. The van der Waals surface area contributed by atoms with Crippen molar-refractivity contribution >= 4 is 34.6 Å². The molecule has 1 fully saturated rings. The van der Waals surface area contributed by atoms with Gasteiger partial charge < -0.3 is 14.8 Å². The molecule has 0 radical (unpaired) electrons. The fraction of sp³-hybridized carbons (Fsp3) is 0.115. The van der Waals surface area contributed by atoms with Crippen LogP contribution in [0.3, 0.4) is 0 Å². The van der Waals surface area contributed by atoms with Crippen LogP contribution in [0, 0.1) is 18.3 Å². The lowest BCUT2D eigenvalue weighted by molar-refractivity contribution is -0.115. The van der Waals surface area contributed by atoms with Crippen LogP contribution in [-0.4, -0.2) is 18.2 Å². The number of carbonyl (C=O) groups is 1. The van der Waals surface area contributed by atoms with Crippen LogP contribution in [-0.2, 0) is 11.4 Å². The largest absolute Gasteiger partial charge is 0.494 e. The summed E-state index contributed by atoms with van der Waals surface area (Å²) in [6, 6.07) is 22.7. The van der Waals surface area contributed by atoms with Gasteiger partial charge in [0, 0.05) is 5.56 Å². The third kappa shape index (κ3) is 5.43. The van der Waals surface area contributed by atoms with Crippen LogP contribution in [0.15, 0.2) is 76.6 Å². The molecule has 0 unspecified atom stereocenters. The van der Waals surface area contributed by atoms with Gasteiger partial charge >= 0.3 is 0 Å². The van der Waals surface area contributed by atoms with Crippen molar-refractivity contribution in [1.29, 1.82) is 5.26 Å². The molecule has 0 aromatic heterocycles. The van der Waals surface area contributed by atoms with Crippen molar-refractivity contribution in [3.8, 4) is 17.6 Å². The number of methoxy groups -OCH3 is 1. The molecule has 164 valence electrons. The molecular formula is C26H21N3O3S. The number of hydrogen-bond acceptors (Lipinski definition) is 6. The number of nitrogens with zero attached hydrogens (tertiary/aromatic N) is 2. The molecule has 0 bridgehead atoms. The summed E-state index contributed by atoms with van der Waals surface area (Å²) in [4.78, 5) is 17.5. The van der Waals surface area contributed by atoms with Crippen molar-refractivity contribution in [2.45, 2.75) is 13.5 Å². The van der Waals surface area contributed by atoms with Crippen molar-refractivity contribution in [2.75, 3.05) is 7.11 Å². The van der Waals surface area contributed by atoms with Crippen LogP contribution in [0.1, 0.15) is 22.3 Å². The lowest BCUT2D eigenvalue weighted by Crippen LogP contribution is -2.19. The lowest BCUT2D eigenvalue weighted by atomic mass is 10.1. The summed E-state index contributed by atoms with van der Waals surface area (Å²) in [7, 11) is 1.59. The third-order valence-corrected chi connectivity index (χ3v) is 5.83. The first-order valence-electron chi connectivity index (χ1n) is 10.2. The summed E-state index contributed by atoms with van der Waals surface area (Å²) in [6.07, 6.45) is 1.81. The third-order valence-electron chi connectivity index (χ3n) is 4.92. The molecule has 33 heavy (non-hydrogen) atoms. The zero-order valence-corrected chi connectivity index (χ0v) is 19.0. The van der Waals surface area contributed by atoms with E-state index in [0.717, 1.165) is 16.7 Å². The van der Waals surface area contributed by atoms with Gasteiger partial charge in [-0.2, -0.15) is 5.26 Å². The monoisotopic (exact) mass is 455 g/mol. The maximum absolute atomic E-state index is 12.4. The Hall–Kier alpha value is -4.02. The number of hydrogen-bond donors (Lipinski definition) is 1. The minimum Gasteiger partial charge on any atom is -0.494 e. The Morgan fingerprint density at radius 1 is 1.12 bits per heavy atom. The van der Waals surface area contributed by atoms with Crippen LogP contribution in [0.4, 0.5) is 5.69 Å². The molecule has 0 saturated carbocycles. The second kappa shape index (κ2) is 10.1. The van der Waals surface area contributed by atoms with Crippen LogP contribution < -0.4 is 14.8 Å². The fourth-order valence-electron chi connectivity index (χ4n) is 3.21. The van der Waals surface area contributed by atoms with Gasteiger partial charge in [-0.3, -0.25) is 4.79 Å². The summed E-state index contributed by atoms with van der Waals surface area (Å²) in [5, 5.41) is 12.5. The fourth-order valence-corrected chi connectivity index (χ4v) is 4.04. The highest BCUT2D eigenvalue weighted by Crippen LogP contribution is 2.33. The smallest absolute Gasteiger partial charge is 0.264 e. The average molecular weight is 456 g/mol. The van der Waals surface area contributed by atoms with E-state index < -0.39 is 0 Å². The number of carbonyl (C=O) groups excluding carboxylic acids is 1.